The number of nitrogens with one attached hydrogen (secondary N) is 1. The number of methoxy groups -OCH3 is 1. The maximum absolute atomic E-state index is 12.1. The van der Waals surface area contributed by atoms with Crippen molar-refractivity contribution in [3.8, 4) is 0 Å². The lowest BCUT2D eigenvalue weighted by atomic mass is 10.2. The topological polar surface area (TPSA) is 92.7 Å². The number of alkyl halides is 2. The minimum Gasteiger partial charge on any atom is -0.465 e. The van der Waals surface area contributed by atoms with Crippen LogP contribution in [0.25, 0.3) is 0 Å². The van der Waals surface area contributed by atoms with Crippen LogP contribution in [0.4, 0.5) is 8.78 Å². The Morgan fingerprint density at radius 2 is 2.00 bits per heavy atom. The number of ether oxygens (including phenoxy) is 1. The van der Waals surface area contributed by atoms with Crippen LogP contribution in [-0.2, 0) is 14.8 Å². The van der Waals surface area contributed by atoms with Crippen LogP contribution in [-0.4, -0.2) is 45.7 Å². The minimum absolute atomic E-state index is 0.228. The zero-order chi connectivity index (χ0) is 15.3. The summed E-state index contributed by atoms with van der Waals surface area (Å²) in [7, 11) is -3.14. The summed E-state index contributed by atoms with van der Waals surface area (Å²) in [5.41, 5.74) is -0.228. The van der Waals surface area contributed by atoms with Gasteiger partial charge in [-0.15, -0.1) is 0 Å². The Balaban J connectivity index is 3.01. The van der Waals surface area contributed by atoms with Gasteiger partial charge in [0.15, 0.2) is 0 Å². The summed E-state index contributed by atoms with van der Waals surface area (Å²) in [6, 6.07) is 5.15. The fraction of sp³-hybridized carbons (Fsp3) is 0.364. The molecular weight excluding hydrogens is 296 g/mol. The van der Waals surface area contributed by atoms with E-state index in [9.17, 15) is 22.0 Å². The normalized spacial score (nSPS) is 13.2. The number of aliphatic hydroxyl groups excluding tert-OH is 1. The van der Waals surface area contributed by atoms with Crippen LogP contribution in [0.1, 0.15) is 10.4 Å². The lowest BCUT2D eigenvalue weighted by Gasteiger charge is -2.13. The number of carbonyl (C=O) groups is 1. The molecule has 0 aliphatic heterocycles. The van der Waals surface area contributed by atoms with E-state index in [1.54, 1.807) is 0 Å². The number of hydrogen-bond acceptors (Lipinski definition) is 5. The van der Waals surface area contributed by atoms with Gasteiger partial charge >= 0.3 is 5.97 Å². The van der Waals surface area contributed by atoms with E-state index in [2.05, 4.69) is 4.74 Å². The van der Waals surface area contributed by atoms with Crippen molar-refractivity contribution in [2.45, 2.75) is 17.4 Å². The molecule has 0 aliphatic rings. The van der Waals surface area contributed by atoms with Crippen LogP contribution in [0.2, 0.25) is 0 Å². The van der Waals surface area contributed by atoms with E-state index in [0.29, 0.717) is 0 Å². The van der Waals surface area contributed by atoms with Crippen LogP contribution in [0.5, 0.6) is 0 Å². The molecule has 0 heterocycles. The Morgan fingerprint density at radius 1 is 1.40 bits per heavy atom. The molecule has 1 aromatic rings. The third-order valence-corrected chi connectivity index (χ3v) is 3.84. The SMILES string of the molecule is COC(=O)c1ccccc1S(=O)(=O)NCC(O)C(F)F. The van der Waals surface area contributed by atoms with Crippen molar-refractivity contribution in [2.24, 2.45) is 0 Å². The van der Waals surface area contributed by atoms with E-state index in [0.717, 1.165) is 13.2 Å². The first-order chi connectivity index (χ1) is 9.29. The molecule has 0 bridgehead atoms. The van der Waals surface area contributed by atoms with E-state index < -0.39 is 40.0 Å². The first-order valence-corrected chi connectivity index (χ1v) is 6.91. The van der Waals surface area contributed by atoms with E-state index in [4.69, 9.17) is 5.11 Å². The summed E-state index contributed by atoms with van der Waals surface area (Å²) >= 11 is 0. The largest absolute Gasteiger partial charge is 0.465 e. The average Bonchev–Trinajstić information content (AvgIpc) is 2.43. The Bertz CT molecular complexity index is 576. The molecule has 0 saturated heterocycles. The zero-order valence-electron chi connectivity index (χ0n) is 10.4. The standard InChI is InChI=1S/C11H13F2NO5S/c1-19-11(16)7-4-2-3-5-9(7)20(17,18)14-6-8(15)10(12)13/h2-5,8,10,14-15H,6H2,1H3. The highest BCUT2D eigenvalue weighted by Gasteiger charge is 2.25. The summed E-state index contributed by atoms with van der Waals surface area (Å²) in [4.78, 5) is 11.0. The summed E-state index contributed by atoms with van der Waals surface area (Å²) < 4.78 is 54.3. The molecule has 20 heavy (non-hydrogen) atoms. The molecule has 0 fully saturated rings. The quantitative estimate of drug-likeness (QED) is 0.741. The third kappa shape index (κ3) is 3.95. The fourth-order valence-corrected chi connectivity index (χ4v) is 2.59. The van der Waals surface area contributed by atoms with Crippen molar-refractivity contribution in [2.75, 3.05) is 13.7 Å². The molecule has 1 rings (SSSR count). The van der Waals surface area contributed by atoms with Gasteiger partial charge in [0, 0.05) is 6.54 Å². The number of sulfonamides is 1. The van der Waals surface area contributed by atoms with Crippen LogP contribution in [0, 0.1) is 0 Å². The van der Waals surface area contributed by atoms with Gasteiger partial charge in [-0.25, -0.2) is 26.7 Å². The first kappa shape index (κ1) is 16.5. The van der Waals surface area contributed by atoms with Crippen molar-refractivity contribution in [1.29, 1.82) is 0 Å². The second kappa shape index (κ2) is 6.73. The Hall–Kier alpha value is -1.58. The van der Waals surface area contributed by atoms with E-state index in [1.165, 1.54) is 18.2 Å². The molecule has 1 unspecified atom stereocenters. The smallest absolute Gasteiger partial charge is 0.339 e. The second-order valence-corrected chi connectivity index (χ2v) is 5.48. The molecule has 0 saturated carbocycles. The molecule has 0 aliphatic carbocycles. The molecule has 0 radical (unpaired) electrons. The maximum Gasteiger partial charge on any atom is 0.339 e. The first-order valence-electron chi connectivity index (χ1n) is 5.43. The minimum atomic E-state index is -4.22. The predicted octanol–water partition coefficient (Wildman–Crippen LogP) is 0.378. The number of halogens is 2. The number of rotatable bonds is 6. The van der Waals surface area contributed by atoms with Crippen molar-refractivity contribution < 1.29 is 31.8 Å². The average molecular weight is 309 g/mol. The zero-order valence-corrected chi connectivity index (χ0v) is 11.2. The van der Waals surface area contributed by atoms with E-state index >= 15 is 0 Å². The number of benzene rings is 1. The fourth-order valence-electron chi connectivity index (χ4n) is 1.34. The van der Waals surface area contributed by atoms with Crippen LogP contribution in [0.15, 0.2) is 29.2 Å². The van der Waals surface area contributed by atoms with E-state index in [1.807, 2.05) is 4.72 Å². The molecule has 0 amide bonds. The van der Waals surface area contributed by atoms with Gasteiger partial charge in [0.25, 0.3) is 6.43 Å². The third-order valence-electron chi connectivity index (χ3n) is 2.36. The van der Waals surface area contributed by atoms with Gasteiger partial charge in [0.1, 0.15) is 6.10 Å². The highest BCUT2D eigenvalue weighted by molar-refractivity contribution is 7.89. The lowest BCUT2D eigenvalue weighted by molar-refractivity contribution is -0.000456. The molecule has 6 nitrogen and oxygen atoms in total. The van der Waals surface area contributed by atoms with Crippen LogP contribution < -0.4 is 4.72 Å². The van der Waals surface area contributed by atoms with Crippen LogP contribution >= 0.6 is 0 Å². The number of carbonyl (C=O) groups excluding carboxylic acids is 1. The second-order valence-electron chi connectivity index (χ2n) is 3.74. The Kier molecular flexibility index (Phi) is 5.54. The predicted molar refractivity (Wildman–Crippen MR) is 65.0 cm³/mol. The molecule has 1 atom stereocenters. The molecule has 2 N–H and O–H groups in total. The molecule has 0 aromatic heterocycles. The van der Waals surface area contributed by atoms with Crippen molar-refractivity contribution in [3.05, 3.63) is 29.8 Å². The molecule has 9 heteroatoms. The number of esters is 1. The van der Waals surface area contributed by atoms with Gasteiger partial charge in [0.05, 0.1) is 17.6 Å². The molecule has 112 valence electrons. The molecular formula is C11H13F2NO5S. The summed E-state index contributed by atoms with van der Waals surface area (Å²) in [6.07, 6.45) is -5.20. The summed E-state index contributed by atoms with van der Waals surface area (Å²) in [5, 5.41) is 8.89. The van der Waals surface area contributed by atoms with Crippen molar-refractivity contribution in [1.82, 2.24) is 4.72 Å². The summed E-state index contributed by atoms with van der Waals surface area (Å²) in [5.74, 6) is -0.875. The van der Waals surface area contributed by atoms with Crippen LogP contribution in [0.3, 0.4) is 0 Å². The van der Waals surface area contributed by atoms with Gasteiger partial charge in [-0.3, -0.25) is 0 Å². The highest BCUT2D eigenvalue weighted by atomic mass is 32.2. The molecule has 0 spiro atoms. The van der Waals surface area contributed by atoms with Gasteiger partial charge in [0.2, 0.25) is 10.0 Å². The highest BCUT2D eigenvalue weighted by Crippen LogP contribution is 2.16. The Morgan fingerprint density at radius 3 is 2.55 bits per heavy atom. The lowest BCUT2D eigenvalue weighted by Crippen LogP contribution is -2.36. The van der Waals surface area contributed by atoms with Gasteiger partial charge in [-0.2, -0.15) is 0 Å². The van der Waals surface area contributed by atoms with Gasteiger partial charge in [-0.1, -0.05) is 12.1 Å². The maximum atomic E-state index is 12.1. The van der Waals surface area contributed by atoms with Crippen molar-refractivity contribution >= 4 is 16.0 Å². The number of aliphatic hydroxyl groups is 1. The summed E-state index contributed by atoms with van der Waals surface area (Å²) in [6.45, 7) is -0.866. The Labute approximate surface area is 114 Å². The van der Waals surface area contributed by atoms with Gasteiger partial charge in [-0.05, 0) is 12.1 Å². The number of hydrogen-bond donors (Lipinski definition) is 2. The van der Waals surface area contributed by atoms with Gasteiger partial charge < -0.3 is 9.84 Å². The van der Waals surface area contributed by atoms with Crippen molar-refractivity contribution in [3.63, 3.8) is 0 Å². The van der Waals surface area contributed by atoms with E-state index in [-0.39, 0.29) is 5.56 Å². The monoisotopic (exact) mass is 309 g/mol. The molecule has 1 aromatic carbocycles.